The molecular weight excluding hydrogens is 264 g/mol. The van der Waals surface area contributed by atoms with Gasteiger partial charge in [0.2, 0.25) is 5.13 Å². The number of nitrogens with one attached hydrogen (secondary N) is 1. The summed E-state index contributed by atoms with van der Waals surface area (Å²) in [5.74, 6) is 0. The molecule has 6 nitrogen and oxygen atoms in total. The minimum absolute atomic E-state index is 0.728. The topological polar surface area (TPSA) is 59.5 Å². The van der Waals surface area contributed by atoms with Crippen molar-refractivity contribution >= 4 is 16.5 Å². The molecule has 0 aliphatic rings. The van der Waals surface area contributed by atoms with Gasteiger partial charge < -0.3 is 14.8 Å². The Bertz CT molecular complexity index is 335. The highest BCUT2D eigenvalue weighted by Crippen LogP contribution is 2.16. The minimum Gasteiger partial charge on any atom is -0.385 e. The summed E-state index contributed by atoms with van der Waals surface area (Å²) in [5, 5.41) is 13.4. The predicted octanol–water partition coefficient (Wildman–Crippen LogP) is 1.45. The maximum atomic E-state index is 5.14. The van der Waals surface area contributed by atoms with Crippen LogP contribution in [0.2, 0.25) is 0 Å². The second kappa shape index (κ2) is 10.1. The van der Waals surface area contributed by atoms with Crippen molar-refractivity contribution in [1.29, 1.82) is 0 Å². The van der Waals surface area contributed by atoms with E-state index >= 15 is 0 Å². The first-order valence-corrected chi connectivity index (χ1v) is 7.38. The first-order valence-electron chi connectivity index (χ1n) is 6.56. The van der Waals surface area contributed by atoms with Crippen LogP contribution in [-0.2, 0) is 16.0 Å². The summed E-state index contributed by atoms with van der Waals surface area (Å²) in [7, 11) is 3.45. The van der Waals surface area contributed by atoms with E-state index in [1.807, 2.05) is 0 Å². The van der Waals surface area contributed by atoms with Gasteiger partial charge in [0.1, 0.15) is 5.01 Å². The molecule has 110 valence electrons. The number of rotatable bonds is 11. The van der Waals surface area contributed by atoms with Gasteiger partial charge in [-0.15, -0.1) is 10.2 Å². The largest absolute Gasteiger partial charge is 0.385 e. The molecule has 0 saturated carbocycles. The molecule has 0 fully saturated rings. The van der Waals surface area contributed by atoms with Gasteiger partial charge in [0, 0.05) is 40.5 Å². The SMILES string of the molecule is CCNc1nnc(CN(CCCOC)CCOC)s1. The predicted molar refractivity (Wildman–Crippen MR) is 77.7 cm³/mol. The minimum atomic E-state index is 0.728. The van der Waals surface area contributed by atoms with Crippen LogP contribution in [0.4, 0.5) is 5.13 Å². The summed E-state index contributed by atoms with van der Waals surface area (Å²) < 4.78 is 10.2. The molecule has 1 N–H and O–H groups in total. The highest BCUT2D eigenvalue weighted by molar-refractivity contribution is 7.15. The molecule has 1 heterocycles. The van der Waals surface area contributed by atoms with Crippen LogP contribution in [0, 0.1) is 0 Å². The van der Waals surface area contributed by atoms with Crippen molar-refractivity contribution < 1.29 is 9.47 Å². The molecule has 0 spiro atoms. The van der Waals surface area contributed by atoms with Crippen LogP contribution >= 0.6 is 11.3 Å². The molecule has 1 aromatic rings. The van der Waals surface area contributed by atoms with Gasteiger partial charge >= 0.3 is 0 Å². The quantitative estimate of drug-likeness (QED) is 0.622. The van der Waals surface area contributed by atoms with E-state index in [-0.39, 0.29) is 0 Å². The first kappa shape index (κ1) is 16.3. The number of hydrogen-bond acceptors (Lipinski definition) is 7. The molecule has 0 aliphatic heterocycles. The molecule has 0 bridgehead atoms. The molecule has 0 amide bonds. The van der Waals surface area contributed by atoms with Crippen LogP contribution in [0.25, 0.3) is 0 Å². The number of methoxy groups -OCH3 is 2. The Kier molecular flexibility index (Phi) is 8.64. The summed E-state index contributed by atoms with van der Waals surface area (Å²) in [6, 6.07) is 0. The lowest BCUT2D eigenvalue weighted by Crippen LogP contribution is -2.28. The van der Waals surface area contributed by atoms with E-state index in [1.54, 1.807) is 25.6 Å². The van der Waals surface area contributed by atoms with Crippen LogP contribution in [-0.4, -0.2) is 62.2 Å². The maximum absolute atomic E-state index is 5.14. The first-order chi connectivity index (χ1) is 9.30. The monoisotopic (exact) mass is 288 g/mol. The van der Waals surface area contributed by atoms with Crippen molar-refractivity contribution in [2.45, 2.75) is 19.9 Å². The Morgan fingerprint density at radius 1 is 1.16 bits per heavy atom. The van der Waals surface area contributed by atoms with E-state index in [0.717, 1.165) is 56.0 Å². The lowest BCUT2D eigenvalue weighted by atomic mass is 10.4. The van der Waals surface area contributed by atoms with Gasteiger partial charge in [0.15, 0.2) is 0 Å². The zero-order chi connectivity index (χ0) is 13.9. The van der Waals surface area contributed by atoms with Crippen LogP contribution in [0.1, 0.15) is 18.4 Å². The van der Waals surface area contributed by atoms with Gasteiger partial charge in [0.05, 0.1) is 13.2 Å². The van der Waals surface area contributed by atoms with E-state index in [4.69, 9.17) is 9.47 Å². The lowest BCUT2D eigenvalue weighted by molar-refractivity contribution is 0.129. The summed E-state index contributed by atoms with van der Waals surface area (Å²) in [6.45, 7) is 7.13. The summed E-state index contributed by atoms with van der Waals surface area (Å²) in [5.41, 5.74) is 0. The number of ether oxygens (including phenoxy) is 2. The van der Waals surface area contributed by atoms with Crippen molar-refractivity contribution in [3.63, 3.8) is 0 Å². The Hall–Kier alpha value is -0.760. The highest BCUT2D eigenvalue weighted by atomic mass is 32.1. The third-order valence-electron chi connectivity index (χ3n) is 2.59. The van der Waals surface area contributed by atoms with Gasteiger partial charge in [-0.2, -0.15) is 0 Å². The number of anilines is 1. The van der Waals surface area contributed by atoms with Gasteiger partial charge in [-0.25, -0.2) is 0 Å². The van der Waals surface area contributed by atoms with Crippen molar-refractivity contribution in [3.8, 4) is 0 Å². The van der Waals surface area contributed by atoms with Crippen LogP contribution in [0.3, 0.4) is 0 Å². The number of hydrogen-bond donors (Lipinski definition) is 1. The third kappa shape index (κ3) is 6.81. The molecular formula is C12H24N4O2S. The van der Waals surface area contributed by atoms with Crippen molar-refractivity contribution in [1.82, 2.24) is 15.1 Å². The third-order valence-corrected chi connectivity index (χ3v) is 3.45. The van der Waals surface area contributed by atoms with E-state index in [9.17, 15) is 0 Å². The second-order valence-electron chi connectivity index (χ2n) is 4.15. The summed E-state index contributed by atoms with van der Waals surface area (Å²) >= 11 is 1.61. The molecule has 0 radical (unpaired) electrons. The maximum Gasteiger partial charge on any atom is 0.205 e. The van der Waals surface area contributed by atoms with Crippen LogP contribution in [0.5, 0.6) is 0 Å². The van der Waals surface area contributed by atoms with Gasteiger partial charge in [-0.05, 0) is 13.3 Å². The molecule has 7 heteroatoms. The normalized spacial score (nSPS) is 11.2. The van der Waals surface area contributed by atoms with Gasteiger partial charge in [0.25, 0.3) is 0 Å². The molecule has 1 aromatic heterocycles. The molecule has 0 aromatic carbocycles. The van der Waals surface area contributed by atoms with E-state index in [1.165, 1.54) is 0 Å². The zero-order valence-corrected chi connectivity index (χ0v) is 12.8. The van der Waals surface area contributed by atoms with Crippen molar-refractivity contribution in [2.75, 3.05) is 52.4 Å². The molecule has 19 heavy (non-hydrogen) atoms. The summed E-state index contributed by atoms with van der Waals surface area (Å²) in [4.78, 5) is 2.32. The molecule has 0 unspecified atom stereocenters. The fourth-order valence-electron chi connectivity index (χ4n) is 1.65. The Labute approximate surface area is 119 Å². The Balaban J connectivity index is 2.43. The smallest absolute Gasteiger partial charge is 0.205 e. The van der Waals surface area contributed by atoms with E-state index < -0.39 is 0 Å². The average molecular weight is 288 g/mol. The summed E-state index contributed by atoms with van der Waals surface area (Å²) in [6.07, 6.45) is 1.01. The van der Waals surface area contributed by atoms with Crippen LogP contribution < -0.4 is 5.32 Å². The lowest BCUT2D eigenvalue weighted by Gasteiger charge is -2.20. The van der Waals surface area contributed by atoms with Gasteiger partial charge in [-0.3, -0.25) is 4.90 Å². The van der Waals surface area contributed by atoms with Crippen molar-refractivity contribution in [3.05, 3.63) is 5.01 Å². The molecule has 0 saturated heterocycles. The van der Waals surface area contributed by atoms with E-state index in [2.05, 4.69) is 27.3 Å². The number of aromatic nitrogens is 2. The highest BCUT2D eigenvalue weighted by Gasteiger charge is 2.10. The average Bonchev–Trinajstić information content (AvgIpc) is 2.84. The van der Waals surface area contributed by atoms with E-state index in [0.29, 0.717) is 0 Å². The molecule has 0 atom stereocenters. The standard InChI is InChI=1S/C12H24N4O2S/c1-4-13-12-15-14-11(19-12)10-16(7-9-18-3)6-5-8-17-2/h4-10H2,1-3H3,(H,13,15). The number of nitrogens with zero attached hydrogens (tertiary/aromatic N) is 3. The van der Waals surface area contributed by atoms with Gasteiger partial charge in [-0.1, -0.05) is 11.3 Å². The molecule has 0 aliphatic carbocycles. The van der Waals surface area contributed by atoms with Crippen molar-refractivity contribution in [2.24, 2.45) is 0 Å². The fourth-order valence-corrected chi connectivity index (χ4v) is 2.50. The fraction of sp³-hybridized carbons (Fsp3) is 0.833. The second-order valence-corrected chi connectivity index (χ2v) is 5.21. The molecule has 1 rings (SSSR count). The Morgan fingerprint density at radius 2 is 1.95 bits per heavy atom. The Morgan fingerprint density at radius 3 is 2.63 bits per heavy atom. The van der Waals surface area contributed by atoms with Crippen LogP contribution in [0.15, 0.2) is 0 Å². The zero-order valence-electron chi connectivity index (χ0n) is 12.0.